The molecule has 0 saturated carbocycles. The third-order valence-electron chi connectivity index (χ3n) is 2.81. The van der Waals surface area contributed by atoms with Gasteiger partial charge in [-0.25, -0.2) is 10.2 Å². The summed E-state index contributed by atoms with van der Waals surface area (Å²) in [7, 11) is 0. The number of benzene rings is 2. The van der Waals surface area contributed by atoms with E-state index in [-0.39, 0.29) is 12.2 Å². The van der Waals surface area contributed by atoms with E-state index in [9.17, 15) is 9.59 Å². The molecule has 2 N–H and O–H groups in total. The number of carbonyl (C=O) groups excluding carboxylic acids is 1. The van der Waals surface area contributed by atoms with Gasteiger partial charge in [0.2, 0.25) is 0 Å². The maximum Gasteiger partial charge on any atom is 0.335 e. The summed E-state index contributed by atoms with van der Waals surface area (Å²) in [5.41, 5.74) is 3.10. The van der Waals surface area contributed by atoms with E-state index in [2.05, 4.69) is 10.5 Å². The SMILES string of the molecule is O=C(COc1ccc(Cl)cc1Cl)N/N=C/c1ccc(C(=O)O)cc1. The maximum atomic E-state index is 11.6. The second-order valence-corrected chi connectivity index (χ2v) is 5.43. The molecule has 0 unspecified atom stereocenters. The Labute approximate surface area is 147 Å². The molecule has 0 heterocycles. The van der Waals surface area contributed by atoms with Crippen molar-refractivity contribution in [2.75, 3.05) is 6.61 Å². The number of amides is 1. The highest BCUT2D eigenvalue weighted by molar-refractivity contribution is 6.35. The highest BCUT2D eigenvalue weighted by Gasteiger charge is 2.06. The lowest BCUT2D eigenvalue weighted by Crippen LogP contribution is -2.24. The number of nitrogens with zero attached hydrogens (tertiary/aromatic N) is 1. The lowest BCUT2D eigenvalue weighted by molar-refractivity contribution is -0.123. The van der Waals surface area contributed by atoms with Crippen molar-refractivity contribution >= 4 is 41.3 Å². The van der Waals surface area contributed by atoms with Crippen LogP contribution in [0, 0.1) is 0 Å². The van der Waals surface area contributed by atoms with Gasteiger partial charge in [0.15, 0.2) is 6.61 Å². The Hall–Kier alpha value is -2.57. The van der Waals surface area contributed by atoms with Crippen LogP contribution in [0.5, 0.6) is 5.75 Å². The summed E-state index contributed by atoms with van der Waals surface area (Å²) in [5.74, 6) is -1.14. The minimum atomic E-state index is -1.01. The topological polar surface area (TPSA) is 88.0 Å². The number of aromatic carboxylic acids is 1. The molecule has 6 nitrogen and oxygen atoms in total. The Morgan fingerprint density at radius 3 is 2.50 bits per heavy atom. The highest BCUT2D eigenvalue weighted by Crippen LogP contribution is 2.27. The fraction of sp³-hybridized carbons (Fsp3) is 0.0625. The van der Waals surface area contributed by atoms with Gasteiger partial charge in [0, 0.05) is 5.02 Å². The molecule has 2 rings (SSSR count). The number of hydrogen-bond donors (Lipinski definition) is 2. The molecular formula is C16H12Cl2N2O4. The minimum absolute atomic E-state index is 0.171. The summed E-state index contributed by atoms with van der Waals surface area (Å²) >= 11 is 11.7. The number of carbonyl (C=O) groups is 2. The summed E-state index contributed by atoms with van der Waals surface area (Å²) in [4.78, 5) is 22.4. The van der Waals surface area contributed by atoms with Crippen molar-refractivity contribution in [3.05, 3.63) is 63.6 Å². The number of carboxylic acids is 1. The smallest absolute Gasteiger partial charge is 0.335 e. The average molecular weight is 367 g/mol. The van der Waals surface area contributed by atoms with Crippen LogP contribution in [0.1, 0.15) is 15.9 Å². The number of nitrogens with one attached hydrogen (secondary N) is 1. The molecule has 0 aliphatic rings. The van der Waals surface area contributed by atoms with Crippen molar-refractivity contribution in [1.82, 2.24) is 5.43 Å². The molecule has 0 aliphatic carbocycles. The molecule has 24 heavy (non-hydrogen) atoms. The summed E-state index contributed by atoms with van der Waals surface area (Å²) < 4.78 is 5.26. The monoisotopic (exact) mass is 366 g/mol. The predicted molar refractivity (Wildman–Crippen MR) is 91.1 cm³/mol. The van der Waals surface area contributed by atoms with Crippen molar-refractivity contribution in [2.24, 2.45) is 5.10 Å². The number of hydrazone groups is 1. The van der Waals surface area contributed by atoms with Crippen molar-refractivity contribution in [3.8, 4) is 5.75 Å². The maximum absolute atomic E-state index is 11.6. The molecule has 0 spiro atoms. The fourth-order valence-corrected chi connectivity index (χ4v) is 2.12. The zero-order valence-electron chi connectivity index (χ0n) is 12.2. The van der Waals surface area contributed by atoms with E-state index >= 15 is 0 Å². The molecule has 8 heteroatoms. The van der Waals surface area contributed by atoms with E-state index in [1.165, 1.54) is 24.4 Å². The van der Waals surface area contributed by atoms with Gasteiger partial charge in [-0.2, -0.15) is 5.10 Å². The van der Waals surface area contributed by atoms with Crippen molar-refractivity contribution in [2.45, 2.75) is 0 Å². The first-order valence-corrected chi connectivity index (χ1v) is 7.44. The second kappa shape index (κ2) is 8.33. The number of hydrogen-bond acceptors (Lipinski definition) is 4. The first-order chi connectivity index (χ1) is 11.5. The molecule has 1 amide bonds. The number of halogens is 2. The van der Waals surface area contributed by atoms with Crippen LogP contribution >= 0.6 is 23.2 Å². The van der Waals surface area contributed by atoms with Gasteiger partial charge < -0.3 is 9.84 Å². The van der Waals surface area contributed by atoms with E-state index in [0.29, 0.717) is 21.4 Å². The standard InChI is InChI=1S/C16H12Cl2N2O4/c17-12-5-6-14(13(18)7-12)24-9-15(21)20-19-8-10-1-3-11(4-2-10)16(22)23/h1-8H,9H2,(H,20,21)(H,22,23)/b19-8+. The summed E-state index contributed by atoms with van der Waals surface area (Å²) in [6.07, 6.45) is 1.39. The molecule has 124 valence electrons. The zero-order valence-corrected chi connectivity index (χ0v) is 13.7. The van der Waals surface area contributed by atoms with E-state index in [1.807, 2.05) is 0 Å². The Balaban J connectivity index is 1.83. The molecule has 0 aliphatic heterocycles. The third-order valence-corrected chi connectivity index (χ3v) is 3.34. The zero-order chi connectivity index (χ0) is 17.5. The quantitative estimate of drug-likeness (QED) is 0.606. The Morgan fingerprint density at radius 1 is 1.17 bits per heavy atom. The first-order valence-electron chi connectivity index (χ1n) is 6.69. The van der Waals surface area contributed by atoms with Gasteiger partial charge >= 0.3 is 5.97 Å². The van der Waals surface area contributed by atoms with Crippen LogP contribution in [0.4, 0.5) is 0 Å². The number of ether oxygens (including phenoxy) is 1. The lowest BCUT2D eigenvalue weighted by atomic mass is 10.1. The van der Waals surface area contributed by atoms with Gasteiger partial charge in [-0.05, 0) is 35.9 Å². The van der Waals surface area contributed by atoms with Crippen molar-refractivity contribution in [3.63, 3.8) is 0 Å². The minimum Gasteiger partial charge on any atom is -0.482 e. The van der Waals surface area contributed by atoms with Crippen LogP contribution in [0.15, 0.2) is 47.6 Å². The van der Waals surface area contributed by atoms with Gasteiger partial charge in [0.25, 0.3) is 5.91 Å². The molecule has 0 aromatic heterocycles. The van der Waals surface area contributed by atoms with Gasteiger partial charge in [0.1, 0.15) is 5.75 Å². The van der Waals surface area contributed by atoms with E-state index in [0.717, 1.165) is 0 Å². The van der Waals surface area contributed by atoms with Gasteiger partial charge in [-0.1, -0.05) is 35.3 Å². The van der Waals surface area contributed by atoms with Crippen LogP contribution in [-0.2, 0) is 4.79 Å². The summed E-state index contributed by atoms with van der Waals surface area (Å²) in [5, 5.41) is 13.3. The second-order valence-electron chi connectivity index (χ2n) is 4.58. The van der Waals surface area contributed by atoms with Gasteiger partial charge in [-0.3, -0.25) is 4.79 Å². The largest absolute Gasteiger partial charge is 0.482 e. The molecule has 0 fully saturated rings. The molecule has 0 bridgehead atoms. The third kappa shape index (κ3) is 5.26. The van der Waals surface area contributed by atoms with Gasteiger partial charge in [-0.15, -0.1) is 0 Å². The molecule has 0 atom stereocenters. The lowest BCUT2D eigenvalue weighted by Gasteiger charge is -2.06. The van der Waals surface area contributed by atoms with Gasteiger partial charge in [0.05, 0.1) is 16.8 Å². The van der Waals surface area contributed by atoms with Crippen LogP contribution < -0.4 is 10.2 Å². The first kappa shape index (κ1) is 17.8. The molecule has 2 aromatic rings. The predicted octanol–water partition coefficient (Wildman–Crippen LogP) is 3.22. The van der Waals surface area contributed by atoms with E-state index < -0.39 is 11.9 Å². The van der Waals surface area contributed by atoms with Crippen LogP contribution in [0.2, 0.25) is 10.0 Å². The normalized spacial score (nSPS) is 10.6. The van der Waals surface area contributed by atoms with Crippen molar-refractivity contribution < 1.29 is 19.4 Å². The van der Waals surface area contributed by atoms with Crippen molar-refractivity contribution in [1.29, 1.82) is 0 Å². The number of rotatable bonds is 6. The Bertz CT molecular complexity index is 776. The highest BCUT2D eigenvalue weighted by atomic mass is 35.5. The fourth-order valence-electron chi connectivity index (χ4n) is 1.66. The Kier molecular flexibility index (Phi) is 6.17. The molecule has 2 aromatic carbocycles. The molecular weight excluding hydrogens is 355 g/mol. The average Bonchev–Trinajstić information content (AvgIpc) is 2.54. The van der Waals surface area contributed by atoms with Crippen LogP contribution in [0.3, 0.4) is 0 Å². The Morgan fingerprint density at radius 2 is 1.88 bits per heavy atom. The van der Waals surface area contributed by atoms with E-state index in [4.69, 9.17) is 33.0 Å². The summed E-state index contributed by atoms with van der Waals surface area (Å²) in [6.45, 7) is -0.267. The number of carboxylic acid groups (broad SMARTS) is 1. The van der Waals surface area contributed by atoms with Crippen LogP contribution in [-0.4, -0.2) is 29.8 Å². The van der Waals surface area contributed by atoms with Crippen LogP contribution in [0.25, 0.3) is 0 Å². The molecule has 0 saturated heterocycles. The summed E-state index contributed by atoms with van der Waals surface area (Å²) in [6, 6.07) is 10.7. The van der Waals surface area contributed by atoms with E-state index in [1.54, 1.807) is 24.3 Å². The molecule has 0 radical (unpaired) electrons.